The van der Waals surface area contributed by atoms with Crippen LogP contribution in [0.15, 0.2) is 36.5 Å². The van der Waals surface area contributed by atoms with Crippen LogP contribution in [0.5, 0.6) is 0 Å². The molecule has 0 atom stereocenters. The van der Waals surface area contributed by atoms with Gasteiger partial charge in [-0.3, -0.25) is 0 Å². The number of hydrogen-bond acceptors (Lipinski definition) is 3. The van der Waals surface area contributed by atoms with Crippen LogP contribution in [0.25, 0.3) is 33.3 Å². The third-order valence-electron chi connectivity index (χ3n) is 3.71. The Morgan fingerprint density at radius 2 is 2.05 bits per heavy atom. The lowest BCUT2D eigenvalue weighted by molar-refractivity contribution is 0.283. The number of aliphatic hydroxyl groups excluding tert-OH is 1. The second kappa shape index (κ2) is 4.43. The average Bonchev–Trinajstić information content (AvgIpc) is 3.08. The summed E-state index contributed by atoms with van der Waals surface area (Å²) >= 11 is 0. The van der Waals surface area contributed by atoms with Crippen molar-refractivity contribution in [2.45, 2.75) is 13.5 Å². The first-order valence-electron chi connectivity index (χ1n) is 6.79. The summed E-state index contributed by atoms with van der Waals surface area (Å²) in [5.74, 6) is 0.845. The van der Waals surface area contributed by atoms with Gasteiger partial charge in [-0.15, -0.1) is 0 Å². The van der Waals surface area contributed by atoms with Crippen LogP contribution < -0.4 is 0 Å². The first-order valence-corrected chi connectivity index (χ1v) is 6.79. The lowest BCUT2D eigenvalue weighted by Crippen LogP contribution is -1.85. The van der Waals surface area contributed by atoms with E-state index in [1.807, 2.05) is 31.2 Å². The Labute approximate surface area is 120 Å². The zero-order valence-electron chi connectivity index (χ0n) is 11.5. The number of aryl methyl sites for hydroxylation is 1. The highest BCUT2D eigenvalue weighted by atomic mass is 16.3. The van der Waals surface area contributed by atoms with Crippen LogP contribution in [0.4, 0.5) is 0 Å². The number of aromatic amines is 2. The lowest BCUT2D eigenvalue weighted by atomic mass is 10.1. The van der Waals surface area contributed by atoms with Gasteiger partial charge >= 0.3 is 0 Å². The summed E-state index contributed by atoms with van der Waals surface area (Å²) in [4.78, 5) is 15.3. The van der Waals surface area contributed by atoms with E-state index in [9.17, 15) is 5.11 Å². The summed E-state index contributed by atoms with van der Waals surface area (Å²) in [6.07, 6.45) is 1.76. The standard InChI is InChI=1S/C16H14N4O/c1-9-18-15-12(5-6-17-16(15)19-9)13-7-10-3-2-4-11(8-21)14(10)20-13/h2-7,20-21H,8H2,1H3,(H,17,18,19). The Hall–Kier alpha value is -2.66. The molecule has 5 heteroatoms. The number of para-hydroxylation sites is 1. The van der Waals surface area contributed by atoms with Gasteiger partial charge in [0.05, 0.1) is 17.6 Å². The molecule has 0 fully saturated rings. The van der Waals surface area contributed by atoms with E-state index in [4.69, 9.17) is 0 Å². The van der Waals surface area contributed by atoms with E-state index in [0.717, 1.165) is 39.1 Å². The Balaban J connectivity index is 2.00. The van der Waals surface area contributed by atoms with E-state index in [2.05, 4.69) is 26.0 Å². The number of nitrogens with zero attached hydrogens (tertiary/aromatic N) is 2. The Morgan fingerprint density at radius 3 is 2.90 bits per heavy atom. The van der Waals surface area contributed by atoms with Crippen molar-refractivity contribution in [2.24, 2.45) is 0 Å². The minimum Gasteiger partial charge on any atom is -0.392 e. The van der Waals surface area contributed by atoms with Gasteiger partial charge in [0.25, 0.3) is 0 Å². The van der Waals surface area contributed by atoms with Gasteiger partial charge in [-0.25, -0.2) is 9.97 Å². The summed E-state index contributed by atoms with van der Waals surface area (Å²) in [7, 11) is 0. The summed E-state index contributed by atoms with van der Waals surface area (Å²) in [6, 6.07) is 9.95. The van der Waals surface area contributed by atoms with E-state index in [1.165, 1.54) is 0 Å². The van der Waals surface area contributed by atoms with Crippen molar-refractivity contribution in [2.75, 3.05) is 0 Å². The molecule has 0 saturated heterocycles. The molecule has 1 aromatic carbocycles. The molecule has 0 saturated carbocycles. The Kier molecular flexibility index (Phi) is 2.55. The second-order valence-electron chi connectivity index (χ2n) is 5.10. The molecule has 3 aromatic heterocycles. The van der Waals surface area contributed by atoms with Crippen molar-refractivity contribution in [1.29, 1.82) is 0 Å². The van der Waals surface area contributed by atoms with E-state index < -0.39 is 0 Å². The van der Waals surface area contributed by atoms with Crippen LogP contribution in [-0.4, -0.2) is 25.0 Å². The number of fused-ring (bicyclic) bond motifs is 2. The number of aromatic nitrogens is 4. The molecular formula is C16H14N4O. The quantitative estimate of drug-likeness (QED) is 0.527. The lowest BCUT2D eigenvalue weighted by Gasteiger charge is -1.99. The third-order valence-corrected chi connectivity index (χ3v) is 3.71. The van der Waals surface area contributed by atoms with E-state index in [1.54, 1.807) is 6.20 Å². The van der Waals surface area contributed by atoms with Gasteiger partial charge in [0, 0.05) is 28.4 Å². The van der Waals surface area contributed by atoms with Gasteiger partial charge in [-0.05, 0) is 19.1 Å². The maximum Gasteiger partial charge on any atom is 0.178 e. The van der Waals surface area contributed by atoms with Crippen LogP contribution in [0.3, 0.4) is 0 Å². The molecule has 0 bridgehead atoms. The number of aliphatic hydroxyl groups is 1. The minimum atomic E-state index is 0.0201. The summed E-state index contributed by atoms with van der Waals surface area (Å²) in [5.41, 5.74) is 5.52. The molecule has 0 aliphatic heterocycles. The van der Waals surface area contributed by atoms with Gasteiger partial charge in [0.2, 0.25) is 0 Å². The van der Waals surface area contributed by atoms with Crippen LogP contribution in [0.2, 0.25) is 0 Å². The number of nitrogens with one attached hydrogen (secondary N) is 2. The van der Waals surface area contributed by atoms with Gasteiger partial charge in [0.15, 0.2) is 5.65 Å². The zero-order chi connectivity index (χ0) is 14.4. The fourth-order valence-electron chi connectivity index (χ4n) is 2.75. The highest BCUT2D eigenvalue weighted by Crippen LogP contribution is 2.29. The summed E-state index contributed by atoms with van der Waals surface area (Å²) in [5, 5.41) is 10.5. The number of rotatable bonds is 2. The molecule has 4 rings (SSSR count). The number of pyridine rings is 1. The predicted octanol–water partition coefficient (Wildman–Crippen LogP) is 2.91. The van der Waals surface area contributed by atoms with E-state index >= 15 is 0 Å². The molecule has 0 aliphatic rings. The average molecular weight is 278 g/mol. The van der Waals surface area contributed by atoms with E-state index in [-0.39, 0.29) is 6.61 Å². The predicted molar refractivity (Wildman–Crippen MR) is 81.8 cm³/mol. The summed E-state index contributed by atoms with van der Waals surface area (Å²) < 4.78 is 0. The molecule has 0 spiro atoms. The van der Waals surface area contributed by atoms with Crippen LogP contribution in [-0.2, 0) is 6.61 Å². The van der Waals surface area contributed by atoms with Crippen molar-refractivity contribution in [3.05, 3.63) is 47.9 Å². The molecular weight excluding hydrogens is 264 g/mol. The van der Waals surface area contributed by atoms with Crippen LogP contribution in [0.1, 0.15) is 11.4 Å². The molecule has 0 amide bonds. The van der Waals surface area contributed by atoms with Gasteiger partial charge in [-0.2, -0.15) is 0 Å². The molecule has 5 nitrogen and oxygen atoms in total. The van der Waals surface area contributed by atoms with Gasteiger partial charge < -0.3 is 15.1 Å². The highest BCUT2D eigenvalue weighted by molar-refractivity contribution is 5.94. The normalized spacial score (nSPS) is 11.5. The topological polar surface area (TPSA) is 77.6 Å². The van der Waals surface area contributed by atoms with Crippen molar-refractivity contribution < 1.29 is 5.11 Å². The smallest absolute Gasteiger partial charge is 0.178 e. The molecule has 4 aromatic rings. The van der Waals surface area contributed by atoms with Gasteiger partial charge in [-0.1, -0.05) is 18.2 Å². The summed E-state index contributed by atoms with van der Waals surface area (Å²) in [6.45, 7) is 1.94. The molecule has 104 valence electrons. The molecule has 21 heavy (non-hydrogen) atoms. The SMILES string of the molecule is Cc1nc2nccc(-c3cc4cccc(CO)c4[nH]3)c2[nH]1. The van der Waals surface area contributed by atoms with E-state index in [0.29, 0.717) is 5.65 Å². The first-order chi connectivity index (χ1) is 10.3. The van der Waals surface area contributed by atoms with Gasteiger partial charge in [0.1, 0.15) is 5.82 Å². The maximum absolute atomic E-state index is 9.44. The largest absolute Gasteiger partial charge is 0.392 e. The number of hydrogen-bond donors (Lipinski definition) is 3. The molecule has 0 aliphatic carbocycles. The number of H-pyrrole nitrogens is 2. The third kappa shape index (κ3) is 1.82. The second-order valence-corrected chi connectivity index (χ2v) is 5.10. The minimum absolute atomic E-state index is 0.0201. The van der Waals surface area contributed by atoms with Crippen molar-refractivity contribution in [3.63, 3.8) is 0 Å². The fourth-order valence-corrected chi connectivity index (χ4v) is 2.75. The first kappa shape index (κ1) is 12.1. The van der Waals surface area contributed by atoms with Crippen molar-refractivity contribution in [1.82, 2.24) is 19.9 Å². The Bertz CT molecular complexity index is 951. The molecule has 3 heterocycles. The monoisotopic (exact) mass is 278 g/mol. The Morgan fingerprint density at radius 1 is 1.14 bits per heavy atom. The highest BCUT2D eigenvalue weighted by Gasteiger charge is 2.11. The molecule has 0 radical (unpaired) electrons. The van der Waals surface area contributed by atoms with Crippen LogP contribution >= 0.6 is 0 Å². The zero-order valence-corrected chi connectivity index (χ0v) is 11.5. The van der Waals surface area contributed by atoms with Crippen LogP contribution in [0, 0.1) is 6.92 Å². The molecule has 3 N–H and O–H groups in total. The number of benzene rings is 1. The fraction of sp³-hybridized carbons (Fsp3) is 0.125. The maximum atomic E-state index is 9.44. The van der Waals surface area contributed by atoms with Crippen molar-refractivity contribution in [3.8, 4) is 11.3 Å². The number of imidazole rings is 1. The molecule has 0 unspecified atom stereocenters. The van der Waals surface area contributed by atoms with Crippen molar-refractivity contribution >= 4 is 22.1 Å².